The number of benzene rings is 4. The molecule has 1 aromatic heterocycles. The number of para-hydroxylation sites is 1. The number of aromatic amines is 1. The Hall–Kier alpha value is -4.49. The minimum Gasteiger partial charge on any atom is -0.444 e. The number of H-pyrrole nitrogens is 1. The molecule has 3 heterocycles. The van der Waals surface area contributed by atoms with E-state index in [-0.39, 0.29) is 29.7 Å². The van der Waals surface area contributed by atoms with Crippen molar-refractivity contribution in [3.63, 3.8) is 0 Å². The fraction of sp³-hybridized carbons (Fsp3) is 0.426. The molecule has 1 saturated heterocycles. The highest BCUT2D eigenvalue weighted by atomic mass is 28.4. The van der Waals surface area contributed by atoms with Gasteiger partial charge in [-0.3, -0.25) is 4.90 Å². The summed E-state index contributed by atoms with van der Waals surface area (Å²) in [6.07, 6.45) is 0.0191. The zero-order valence-electron chi connectivity index (χ0n) is 35.0. The molecule has 1 amide bonds. The zero-order valence-corrected chi connectivity index (χ0v) is 36.0. The third-order valence-corrected chi connectivity index (χ3v) is 16.5. The summed E-state index contributed by atoms with van der Waals surface area (Å²) in [6, 6.07) is 27.6. The lowest BCUT2D eigenvalue weighted by Crippen LogP contribution is -2.67. The van der Waals surface area contributed by atoms with Crippen LogP contribution in [0.25, 0.3) is 10.9 Å². The van der Waals surface area contributed by atoms with Gasteiger partial charge in [-0.15, -0.1) is 0 Å². The lowest BCUT2D eigenvalue weighted by molar-refractivity contribution is -0.0825. The number of rotatable bonds is 12. The van der Waals surface area contributed by atoms with Crippen molar-refractivity contribution in [3.05, 3.63) is 131 Å². The van der Waals surface area contributed by atoms with Crippen molar-refractivity contribution in [2.24, 2.45) is 5.92 Å². The van der Waals surface area contributed by atoms with Crippen molar-refractivity contribution < 1.29 is 36.3 Å². The van der Waals surface area contributed by atoms with Crippen LogP contribution in [0.15, 0.2) is 97.1 Å². The summed E-state index contributed by atoms with van der Waals surface area (Å²) < 4.78 is 84.7. The van der Waals surface area contributed by atoms with Crippen molar-refractivity contribution in [2.75, 3.05) is 32.8 Å². The fourth-order valence-electron chi connectivity index (χ4n) is 8.83. The van der Waals surface area contributed by atoms with E-state index >= 15 is 17.6 Å². The van der Waals surface area contributed by atoms with Crippen molar-refractivity contribution in [3.8, 4) is 0 Å². The summed E-state index contributed by atoms with van der Waals surface area (Å²) in [5, 5.41) is 2.13. The summed E-state index contributed by atoms with van der Waals surface area (Å²) in [7, 11) is -3.32. The molecule has 12 heteroatoms. The van der Waals surface area contributed by atoms with E-state index in [1.54, 1.807) is 4.90 Å². The molecule has 1 fully saturated rings. The third kappa shape index (κ3) is 8.87. The third-order valence-electron chi connectivity index (χ3n) is 11.5. The van der Waals surface area contributed by atoms with Gasteiger partial charge in [0.1, 0.15) is 17.2 Å². The van der Waals surface area contributed by atoms with Gasteiger partial charge in [0.05, 0.1) is 32.4 Å². The van der Waals surface area contributed by atoms with Gasteiger partial charge in [0.2, 0.25) is 0 Å². The maximum Gasteiger partial charge on any atom is 0.410 e. The predicted octanol–water partition coefficient (Wildman–Crippen LogP) is 9.38. The molecular formula is C47H55F4N3O4Si. The first kappa shape index (κ1) is 42.6. The summed E-state index contributed by atoms with van der Waals surface area (Å²) in [4.78, 5) is 18.8. The molecule has 4 aromatic carbocycles. The van der Waals surface area contributed by atoms with E-state index in [2.05, 4.69) is 4.98 Å². The van der Waals surface area contributed by atoms with E-state index in [9.17, 15) is 4.79 Å². The van der Waals surface area contributed by atoms with Gasteiger partial charge in [-0.2, -0.15) is 0 Å². The predicted molar refractivity (Wildman–Crippen MR) is 226 cm³/mol. The highest BCUT2D eigenvalue weighted by Gasteiger charge is 2.53. The molecule has 0 saturated carbocycles. The Bertz CT molecular complexity index is 2190. The summed E-state index contributed by atoms with van der Waals surface area (Å²) >= 11 is 0. The Morgan fingerprint density at radius 3 is 2.00 bits per heavy atom. The number of aromatic nitrogens is 1. The lowest BCUT2D eigenvalue weighted by Gasteiger charge is -2.45. The Labute approximate surface area is 345 Å². The van der Waals surface area contributed by atoms with Crippen LogP contribution in [-0.4, -0.2) is 79.6 Å². The molecule has 7 nitrogen and oxygen atoms in total. The first-order valence-corrected chi connectivity index (χ1v) is 22.3. The number of fused-ring (bicyclic) bond motifs is 3. The lowest BCUT2D eigenvalue weighted by atomic mass is 9.87. The van der Waals surface area contributed by atoms with Crippen LogP contribution >= 0.6 is 0 Å². The van der Waals surface area contributed by atoms with E-state index in [0.717, 1.165) is 26.8 Å². The second kappa shape index (κ2) is 16.5. The SMILES string of the molecule is C[C@@H]1Cc2c([nH]c3ccccc23)[C@@H](c2c(F)cc(COCC3CN(C(=O)OC(C)(C)C)C3)cc2F)N1CC(F)(F)CO[Si](c1ccccc1)(c1ccccc1)C(C)(C)C. The van der Waals surface area contributed by atoms with Gasteiger partial charge in [0, 0.05) is 47.2 Å². The van der Waals surface area contributed by atoms with Gasteiger partial charge in [-0.05, 0) is 78.9 Å². The molecule has 1 N–H and O–H groups in total. The van der Waals surface area contributed by atoms with Gasteiger partial charge < -0.3 is 23.8 Å². The Morgan fingerprint density at radius 2 is 1.42 bits per heavy atom. The molecule has 0 aliphatic carbocycles. The first-order chi connectivity index (χ1) is 27.9. The van der Waals surface area contributed by atoms with Crippen LogP contribution in [0.3, 0.4) is 0 Å². The summed E-state index contributed by atoms with van der Waals surface area (Å²) in [5.74, 6) is -5.03. The van der Waals surface area contributed by atoms with E-state index in [1.165, 1.54) is 17.0 Å². The molecule has 7 rings (SSSR count). The van der Waals surface area contributed by atoms with E-state index < -0.39 is 61.7 Å². The van der Waals surface area contributed by atoms with E-state index in [0.29, 0.717) is 31.8 Å². The molecule has 0 spiro atoms. The normalized spacial score (nSPS) is 18.2. The van der Waals surface area contributed by atoms with E-state index in [4.69, 9.17) is 13.9 Å². The highest BCUT2D eigenvalue weighted by molar-refractivity contribution is 6.99. The van der Waals surface area contributed by atoms with Crippen LogP contribution in [0.4, 0.5) is 22.4 Å². The molecule has 2 atom stereocenters. The van der Waals surface area contributed by atoms with Crippen molar-refractivity contribution >= 4 is 35.7 Å². The number of amides is 1. The number of alkyl halides is 2. The number of nitrogens with one attached hydrogen (secondary N) is 1. The molecule has 2 aliphatic rings. The number of hydrogen-bond donors (Lipinski definition) is 1. The van der Waals surface area contributed by atoms with Crippen LogP contribution in [0, 0.1) is 17.6 Å². The Morgan fingerprint density at radius 1 is 0.847 bits per heavy atom. The second-order valence-corrected chi connectivity index (χ2v) is 22.5. The van der Waals surface area contributed by atoms with Crippen LogP contribution < -0.4 is 10.4 Å². The second-order valence-electron chi connectivity index (χ2n) is 18.2. The molecule has 0 radical (unpaired) electrons. The van der Waals surface area contributed by atoms with Gasteiger partial charge in [0.15, 0.2) is 0 Å². The maximum atomic E-state index is 16.9. The monoisotopic (exact) mass is 829 g/mol. The average Bonchev–Trinajstić information content (AvgIpc) is 3.51. The summed E-state index contributed by atoms with van der Waals surface area (Å²) in [5.41, 5.74) is 1.50. The molecule has 59 heavy (non-hydrogen) atoms. The number of hydrogen-bond acceptors (Lipinski definition) is 5. The van der Waals surface area contributed by atoms with Gasteiger partial charge in [0.25, 0.3) is 14.2 Å². The molecule has 5 aromatic rings. The largest absolute Gasteiger partial charge is 0.444 e. The van der Waals surface area contributed by atoms with Gasteiger partial charge in [-0.1, -0.05) is 99.6 Å². The quantitative estimate of drug-likeness (QED) is 0.100. The van der Waals surface area contributed by atoms with Crippen LogP contribution in [0.1, 0.15) is 76.9 Å². The minimum atomic E-state index is -3.41. The number of carbonyl (C=O) groups is 1. The van der Waals surface area contributed by atoms with Crippen molar-refractivity contribution in [1.82, 2.24) is 14.8 Å². The smallest absolute Gasteiger partial charge is 0.410 e. The van der Waals surface area contributed by atoms with Gasteiger partial charge in [-0.25, -0.2) is 22.4 Å². The topological polar surface area (TPSA) is 67.0 Å². The van der Waals surface area contributed by atoms with Gasteiger partial charge >= 0.3 is 6.09 Å². The fourth-order valence-corrected chi connectivity index (χ4v) is 13.4. The van der Waals surface area contributed by atoms with Crippen LogP contribution in [-0.2, 0) is 26.9 Å². The number of nitrogens with zero attached hydrogens (tertiary/aromatic N) is 2. The minimum absolute atomic E-state index is 0.0584. The van der Waals surface area contributed by atoms with Crippen LogP contribution in [0.2, 0.25) is 5.04 Å². The molecular weight excluding hydrogens is 775 g/mol. The molecule has 314 valence electrons. The summed E-state index contributed by atoms with van der Waals surface area (Å²) in [6.45, 7) is 12.8. The number of carbonyl (C=O) groups excluding carboxylic acids is 1. The molecule has 2 aliphatic heterocycles. The highest BCUT2D eigenvalue weighted by Crippen LogP contribution is 2.44. The van der Waals surface area contributed by atoms with Crippen LogP contribution in [0.5, 0.6) is 0 Å². The maximum absolute atomic E-state index is 16.9. The standard InChI is InChI=1S/C47H55F4N3O4Si/c1-31-22-37-36-20-14-15-21-40(36)52-42(37)43(41-38(48)23-32(24-39(41)49)27-56-28-33-25-53(26-33)44(55)58-45(2,3)4)54(31)29-47(50,51)30-57-59(46(5,6)7,34-16-10-8-11-17-34)35-18-12-9-13-19-35/h8-21,23-24,31,33,43,52H,22,25-30H2,1-7H3/t31-,43-/m1/s1. The Balaban J connectivity index is 1.15. The molecule has 0 unspecified atom stereocenters. The van der Waals surface area contributed by atoms with E-state index in [1.807, 2.05) is 133 Å². The number of halogens is 4. The number of ether oxygens (including phenoxy) is 2. The Kier molecular flexibility index (Phi) is 11.9. The van der Waals surface area contributed by atoms with Crippen molar-refractivity contribution in [2.45, 2.75) is 90.1 Å². The van der Waals surface area contributed by atoms with Crippen molar-refractivity contribution in [1.29, 1.82) is 0 Å². The zero-order chi connectivity index (χ0) is 42.3. The first-order valence-electron chi connectivity index (χ1n) is 20.4. The number of likely N-dealkylation sites (tertiary alicyclic amines) is 1. The average molecular weight is 830 g/mol. The molecule has 0 bridgehead atoms.